The maximum atomic E-state index is 12.4. The van der Waals surface area contributed by atoms with Crippen LogP contribution in [0.15, 0.2) is 49.1 Å². The summed E-state index contributed by atoms with van der Waals surface area (Å²) in [7, 11) is 1.86. The summed E-state index contributed by atoms with van der Waals surface area (Å²) in [6.45, 7) is 1.18. The Hall–Kier alpha value is -3.13. The number of hydrogen-bond donors (Lipinski definition) is 1. The van der Waals surface area contributed by atoms with Crippen LogP contribution in [0.3, 0.4) is 0 Å². The summed E-state index contributed by atoms with van der Waals surface area (Å²) in [5, 5.41) is 7.52. The molecular weight excluding hydrogens is 392 g/mol. The van der Waals surface area contributed by atoms with E-state index in [2.05, 4.69) is 20.4 Å². The van der Waals surface area contributed by atoms with Gasteiger partial charge in [-0.1, -0.05) is 23.7 Å². The van der Waals surface area contributed by atoms with E-state index < -0.39 is 0 Å². The Labute approximate surface area is 173 Å². The van der Waals surface area contributed by atoms with Gasteiger partial charge < -0.3 is 15.0 Å². The first kappa shape index (κ1) is 19.2. The highest BCUT2D eigenvalue weighted by atomic mass is 35.5. The Morgan fingerprint density at radius 3 is 2.52 bits per heavy atom. The van der Waals surface area contributed by atoms with Crippen molar-refractivity contribution in [3.8, 4) is 17.1 Å². The normalized spacial score (nSPS) is 14.6. The van der Waals surface area contributed by atoms with Gasteiger partial charge >= 0.3 is 12.0 Å². The van der Waals surface area contributed by atoms with Crippen LogP contribution in [0.5, 0.6) is 6.01 Å². The molecule has 1 fully saturated rings. The van der Waals surface area contributed by atoms with Crippen LogP contribution in [-0.2, 0) is 7.05 Å². The van der Waals surface area contributed by atoms with Crippen molar-refractivity contribution in [3.05, 3.63) is 54.1 Å². The monoisotopic (exact) mass is 412 g/mol. The van der Waals surface area contributed by atoms with Crippen molar-refractivity contribution in [2.24, 2.45) is 7.05 Å². The van der Waals surface area contributed by atoms with E-state index in [1.165, 1.54) is 0 Å². The lowest BCUT2D eigenvalue weighted by Crippen LogP contribution is -2.43. The van der Waals surface area contributed by atoms with Crippen LogP contribution in [0, 0.1) is 0 Å². The summed E-state index contributed by atoms with van der Waals surface area (Å²) in [4.78, 5) is 22.8. The van der Waals surface area contributed by atoms with E-state index in [0.717, 1.165) is 11.1 Å². The molecular formula is C20H21ClN6O2. The second-order valence-corrected chi connectivity index (χ2v) is 7.28. The van der Waals surface area contributed by atoms with Gasteiger partial charge in [0.2, 0.25) is 0 Å². The second kappa shape index (κ2) is 8.48. The third-order valence-corrected chi connectivity index (χ3v) is 5.11. The van der Waals surface area contributed by atoms with Crippen LogP contribution in [0.2, 0.25) is 5.02 Å². The Bertz CT molecular complexity index is 983. The first-order valence-electron chi connectivity index (χ1n) is 9.36. The van der Waals surface area contributed by atoms with E-state index >= 15 is 0 Å². The van der Waals surface area contributed by atoms with E-state index in [4.69, 9.17) is 16.3 Å². The number of carbonyl (C=O) groups is 1. The number of amides is 2. The minimum absolute atomic E-state index is 0.0244. The fourth-order valence-corrected chi connectivity index (χ4v) is 3.36. The number of anilines is 1. The van der Waals surface area contributed by atoms with Crippen LogP contribution in [0.25, 0.3) is 11.1 Å². The summed E-state index contributed by atoms with van der Waals surface area (Å²) >= 11 is 6.10. The summed E-state index contributed by atoms with van der Waals surface area (Å²) in [5.41, 5.74) is 2.45. The molecule has 0 aliphatic carbocycles. The van der Waals surface area contributed by atoms with Crippen molar-refractivity contribution in [1.82, 2.24) is 24.6 Å². The predicted molar refractivity (Wildman–Crippen MR) is 110 cm³/mol. The number of para-hydroxylation sites is 1. The quantitative estimate of drug-likeness (QED) is 0.707. The van der Waals surface area contributed by atoms with E-state index in [0.29, 0.717) is 42.7 Å². The molecule has 1 aromatic carbocycles. The number of aryl methyl sites for hydroxylation is 1. The predicted octanol–water partition coefficient (Wildman–Crippen LogP) is 3.61. The number of urea groups is 1. The molecule has 0 spiro atoms. The van der Waals surface area contributed by atoms with Gasteiger partial charge in [0.15, 0.2) is 0 Å². The van der Waals surface area contributed by atoms with Gasteiger partial charge in [0.1, 0.15) is 6.10 Å². The molecule has 0 bridgehead atoms. The molecule has 1 saturated heterocycles. The van der Waals surface area contributed by atoms with Crippen LogP contribution >= 0.6 is 11.6 Å². The lowest BCUT2D eigenvalue weighted by Gasteiger charge is -2.31. The molecule has 4 rings (SSSR count). The number of benzene rings is 1. The van der Waals surface area contributed by atoms with Crippen molar-refractivity contribution < 1.29 is 9.53 Å². The zero-order valence-corrected chi connectivity index (χ0v) is 16.7. The van der Waals surface area contributed by atoms with Gasteiger partial charge in [0, 0.05) is 62.7 Å². The molecule has 1 aliphatic heterocycles. The molecule has 0 atom stereocenters. The van der Waals surface area contributed by atoms with E-state index in [1.807, 2.05) is 25.4 Å². The van der Waals surface area contributed by atoms with E-state index in [9.17, 15) is 4.79 Å². The van der Waals surface area contributed by atoms with Gasteiger partial charge in [-0.15, -0.1) is 0 Å². The van der Waals surface area contributed by atoms with Crippen molar-refractivity contribution in [2.75, 3.05) is 18.4 Å². The summed E-state index contributed by atoms with van der Waals surface area (Å²) < 4.78 is 7.63. The van der Waals surface area contributed by atoms with Gasteiger partial charge in [0.05, 0.1) is 16.9 Å². The van der Waals surface area contributed by atoms with Crippen LogP contribution in [-0.4, -0.2) is 49.9 Å². The summed E-state index contributed by atoms with van der Waals surface area (Å²) in [6, 6.07) is 7.37. The fraction of sp³-hybridized carbons (Fsp3) is 0.300. The maximum absolute atomic E-state index is 12.4. The average molecular weight is 413 g/mol. The number of likely N-dealkylation sites (tertiary alicyclic amines) is 1. The molecule has 8 nitrogen and oxygen atoms in total. The molecule has 0 radical (unpaired) electrons. The third-order valence-electron chi connectivity index (χ3n) is 4.78. The first-order valence-corrected chi connectivity index (χ1v) is 9.74. The number of halogens is 1. The largest absolute Gasteiger partial charge is 0.460 e. The molecule has 150 valence electrons. The minimum Gasteiger partial charge on any atom is -0.460 e. The average Bonchev–Trinajstić information content (AvgIpc) is 3.17. The van der Waals surface area contributed by atoms with Gasteiger partial charge in [-0.05, 0) is 12.1 Å². The molecule has 0 unspecified atom stereocenters. The van der Waals surface area contributed by atoms with Crippen molar-refractivity contribution in [3.63, 3.8) is 0 Å². The van der Waals surface area contributed by atoms with Crippen molar-refractivity contribution in [1.29, 1.82) is 0 Å². The number of nitrogens with zero attached hydrogens (tertiary/aromatic N) is 5. The van der Waals surface area contributed by atoms with Crippen LogP contribution < -0.4 is 10.1 Å². The highest BCUT2D eigenvalue weighted by Gasteiger charge is 2.25. The van der Waals surface area contributed by atoms with Crippen LogP contribution in [0.4, 0.5) is 10.5 Å². The number of piperidine rings is 1. The van der Waals surface area contributed by atoms with Crippen molar-refractivity contribution >= 4 is 23.3 Å². The summed E-state index contributed by atoms with van der Waals surface area (Å²) in [5.74, 6) is 0. The Morgan fingerprint density at radius 2 is 1.86 bits per heavy atom. The molecule has 9 heteroatoms. The minimum atomic E-state index is -0.159. The number of ether oxygens (including phenoxy) is 1. The van der Waals surface area contributed by atoms with Gasteiger partial charge in [-0.25, -0.2) is 14.8 Å². The second-order valence-electron chi connectivity index (χ2n) is 6.87. The SMILES string of the molecule is Cn1cc(-c2cnc(OC3CCN(C(=O)Nc4ccccc4Cl)CC3)nc2)cn1. The molecule has 3 heterocycles. The lowest BCUT2D eigenvalue weighted by atomic mass is 10.1. The van der Waals surface area contributed by atoms with Gasteiger partial charge in [0.25, 0.3) is 0 Å². The summed E-state index contributed by atoms with van der Waals surface area (Å²) in [6.07, 6.45) is 8.53. The van der Waals surface area contributed by atoms with Crippen LogP contribution in [0.1, 0.15) is 12.8 Å². The number of carbonyl (C=O) groups excluding carboxylic acids is 1. The molecule has 1 aliphatic rings. The number of aromatic nitrogens is 4. The first-order chi connectivity index (χ1) is 14.1. The van der Waals surface area contributed by atoms with E-state index in [-0.39, 0.29) is 12.1 Å². The van der Waals surface area contributed by atoms with Gasteiger partial charge in [-0.3, -0.25) is 4.68 Å². The highest BCUT2D eigenvalue weighted by molar-refractivity contribution is 6.33. The van der Waals surface area contributed by atoms with Crippen molar-refractivity contribution in [2.45, 2.75) is 18.9 Å². The van der Waals surface area contributed by atoms with Gasteiger partial charge in [-0.2, -0.15) is 5.10 Å². The third kappa shape index (κ3) is 4.65. The molecule has 2 amide bonds. The van der Waals surface area contributed by atoms with E-state index in [1.54, 1.807) is 40.3 Å². The fourth-order valence-electron chi connectivity index (χ4n) is 3.18. The standard InChI is InChI=1S/C20H21ClN6O2/c1-26-13-15(12-24-26)14-10-22-19(23-11-14)29-16-6-8-27(9-7-16)20(28)25-18-5-3-2-4-17(18)21/h2-5,10-13,16H,6-9H2,1H3,(H,25,28). The highest BCUT2D eigenvalue weighted by Crippen LogP contribution is 2.23. The molecule has 29 heavy (non-hydrogen) atoms. The lowest BCUT2D eigenvalue weighted by molar-refractivity contribution is 0.107. The smallest absolute Gasteiger partial charge is 0.321 e. The zero-order valence-electron chi connectivity index (χ0n) is 16.0. The number of hydrogen-bond acceptors (Lipinski definition) is 5. The molecule has 1 N–H and O–H groups in total. The zero-order chi connectivity index (χ0) is 20.2. The Morgan fingerprint density at radius 1 is 1.14 bits per heavy atom. The Kier molecular flexibility index (Phi) is 5.62. The molecule has 3 aromatic rings. The number of rotatable bonds is 4. The Balaban J connectivity index is 1.28. The topological polar surface area (TPSA) is 85.2 Å². The molecule has 0 saturated carbocycles. The molecule has 2 aromatic heterocycles. The maximum Gasteiger partial charge on any atom is 0.321 e. The number of nitrogens with one attached hydrogen (secondary N) is 1.